The molecule has 3 saturated carbocycles. The summed E-state index contributed by atoms with van der Waals surface area (Å²) in [7, 11) is 0. The van der Waals surface area contributed by atoms with E-state index in [1.54, 1.807) is 0 Å². The molecule has 0 bridgehead atoms. The van der Waals surface area contributed by atoms with Crippen LogP contribution in [0, 0.1) is 23.2 Å². The van der Waals surface area contributed by atoms with Gasteiger partial charge in [0.2, 0.25) is 0 Å². The lowest BCUT2D eigenvalue weighted by Gasteiger charge is -2.45. The van der Waals surface area contributed by atoms with Crippen LogP contribution in [0.15, 0.2) is 35.5 Å². The van der Waals surface area contributed by atoms with Crippen molar-refractivity contribution in [2.45, 2.75) is 141 Å². The van der Waals surface area contributed by atoms with E-state index in [2.05, 4.69) is 25.7 Å². The van der Waals surface area contributed by atoms with Gasteiger partial charge < -0.3 is 20.4 Å². The average Bonchev–Trinajstić information content (AvgIpc) is 3.10. The molecule has 4 nitrogen and oxygen atoms in total. The van der Waals surface area contributed by atoms with E-state index >= 15 is 0 Å². The molecule has 0 amide bonds. The third-order valence-electron chi connectivity index (χ3n) is 9.60. The molecule has 3 aliphatic carbocycles. The summed E-state index contributed by atoms with van der Waals surface area (Å²) >= 11 is 0. The first-order valence-electron chi connectivity index (χ1n) is 14.6. The summed E-state index contributed by atoms with van der Waals surface area (Å²) < 4.78 is 0. The van der Waals surface area contributed by atoms with Crippen LogP contribution in [0.5, 0.6) is 0 Å². The highest BCUT2D eigenvalue weighted by Gasteiger charge is 2.51. The summed E-state index contributed by atoms with van der Waals surface area (Å²) in [5, 5.41) is 40.9. The van der Waals surface area contributed by atoms with E-state index in [0.717, 1.165) is 56.1 Å². The first-order valence-corrected chi connectivity index (χ1v) is 14.6. The predicted octanol–water partition coefficient (Wildman–Crippen LogP) is 6.63. The van der Waals surface area contributed by atoms with Crippen molar-refractivity contribution in [1.29, 1.82) is 0 Å². The van der Waals surface area contributed by atoms with E-state index in [1.807, 2.05) is 27.7 Å². The van der Waals surface area contributed by atoms with Gasteiger partial charge >= 0.3 is 0 Å². The van der Waals surface area contributed by atoms with Crippen LogP contribution < -0.4 is 0 Å². The zero-order valence-electron chi connectivity index (χ0n) is 23.7. The number of aliphatic hydroxyl groups excluding tert-OH is 2. The van der Waals surface area contributed by atoms with Crippen molar-refractivity contribution in [2.75, 3.05) is 0 Å². The molecule has 36 heavy (non-hydrogen) atoms. The summed E-state index contributed by atoms with van der Waals surface area (Å²) in [6.07, 6.45) is 16.5. The van der Waals surface area contributed by atoms with Gasteiger partial charge in [-0.15, -0.1) is 0 Å². The van der Waals surface area contributed by atoms with E-state index in [9.17, 15) is 20.4 Å². The molecule has 206 valence electrons. The molecule has 4 heteroatoms. The number of rotatable bonds is 10. The fourth-order valence-electron chi connectivity index (χ4n) is 7.66. The van der Waals surface area contributed by atoms with Gasteiger partial charge in [0.1, 0.15) is 0 Å². The van der Waals surface area contributed by atoms with Gasteiger partial charge in [0, 0.05) is 6.42 Å². The van der Waals surface area contributed by atoms with Gasteiger partial charge in [0.15, 0.2) is 0 Å². The normalized spacial score (nSPS) is 34.1. The van der Waals surface area contributed by atoms with Crippen LogP contribution in [0.2, 0.25) is 0 Å². The van der Waals surface area contributed by atoms with Crippen LogP contribution in [0.1, 0.15) is 118 Å². The Morgan fingerprint density at radius 2 is 1.61 bits per heavy atom. The highest BCUT2D eigenvalue weighted by Crippen LogP contribution is 2.60. The topological polar surface area (TPSA) is 80.9 Å². The lowest BCUT2D eigenvalue weighted by Crippen LogP contribution is -2.37. The predicted molar refractivity (Wildman–Crippen MR) is 149 cm³/mol. The lowest BCUT2D eigenvalue weighted by atomic mass is 9.60. The number of hydrogen-bond donors (Lipinski definition) is 4. The Hall–Kier alpha value is -0.940. The molecule has 3 rings (SSSR count). The van der Waals surface area contributed by atoms with E-state index in [4.69, 9.17) is 0 Å². The van der Waals surface area contributed by atoms with Crippen LogP contribution in [0.25, 0.3) is 0 Å². The third-order valence-corrected chi connectivity index (χ3v) is 9.60. The molecule has 1 unspecified atom stereocenters. The molecule has 0 radical (unpaired) electrons. The Kier molecular flexibility index (Phi) is 9.74. The number of aliphatic hydroxyl groups is 4. The average molecular weight is 503 g/mol. The van der Waals surface area contributed by atoms with Crippen molar-refractivity contribution in [1.82, 2.24) is 0 Å². The minimum absolute atomic E-state index is 0.291. The van der Waals surface area contributed by atoms with Crippen molar-refractivity contribution < 1.29 is 20.4 Å². The fraction of sp³-hybridized carbons (Fsp3) is 0.812. The molecule has 5 atom stereocenters. The van der Waals surface area contributed by atoms with E-state index in [-0.39, 0.29) is 0 Å². The second kappa shape index (κ2) is 11.8. The Balaban J connectivity index is 1.77. The second-order valence-electron chi connectivity index (χ2n) is 13.8. The van der Waals surface area contributed by atoms with Crippen LogP contribution in [-0.2, 0) is 0 Å². The molecular weight excluding hydrogens is 448 g/mol. The highest BCUT2D eigenvalue weighted by molar-refractivity contribution is 5.38. The SMILES string of the molecule is C=C1/C(=C\C=C2/CCC[C@@]3(C)C2CC[C@@H]3C(CCCC(C)(C)O)CCCC(C)(C)O)C[C@@H](O)C[C@@H]1O. The zero-order chi connectivity index (χ0) is 26.7. The monoisotopic (exact) mass is 502 g/mol. The molecular formula is C32H54O4. The van der Waals surface area contributed by atoms with Crippen LogP contribution in [-0.4, -0.2) is 43.8 Å². The zero-order valence-corrected chi connectivity index (χ0v) is 23.7. The van der Waals surface area contributed by atoms with Crippen molar-refractivity contribution in [3.05, 3.63) is 35.5 Å². The lowest BCUT2D eigenvalue weighted by molar-refractivity contribution is 0.0480. The summed E-state index contributed by atoms with van der Waals surface area (Å²) in [4.78, 5) is 0. The van der Waals surface area contributed by atoms with Crippen LogP contribution in [0.4, 0.5) is 0 Å². The van der Waals surface area contributed by atoms with Gasteiger partial charge in [-0.2, -0.15) is 0 Å². The molecule has 0 saturated heterocycles. The molecule has 3 fully saturated rings. The minimum Gasteiger partial charge on any atom is -0.393 e. The Morgan fingerprint density at radius 1 is 1.00 bits per heavy atom. The second-order valence-corrected chi connectivity index (χ2v) is 13.8. The Labute approximate surface area is 220 Å². The van der Waals surface area contributed by atoms with Gasteiger partial charge in [-0.1, -0.05) is 56.9 Å². The minimum atomic E-state index is -0.639. The molecule has 0 aromatic heterocycles. The van der Waals surface area contributed by atoms with Gasteiger partial charge in [0.25, 0.3) is 0 Å². The quantitative estimate of drug-likeness (QED) is 0.270. The maximum Gasteiger partial charge on any atom is 0.0811 e. The summed E-state index contributed by atoms with van der Waals surface area (Å²) in [6, 6.07) is 0. The van der Waals surface area contributed by atoms with Crippen LogP contribution >= 0.6 is 0 Å². The number of fused-ring (bicyclic) bond motifs is 1. The Morgan fingerprint density at radius 3 is 2.19 bits per heavy atom. The van der Waals surface area contributed by atoms with E-state index in [0.29, 0.717) is 36.0 Å². The number of allylic oxidation sites excluding steroid dienone is 3. The standard InChI is InChI=1S/C32H54O4/c1-22-25(20-26(33)21-29(22)34)14-13-24-12-9-19-32(6)27(15-16-28(24)32)23(10-7-17-30(2,3)35)11-8-18-31(4,5)36/h13-14,23,26-29,33-36H,1,7-12,15-21H2,2-6H3/b24-13+,25-14-/t26-,27-,28?,29+,32-/m1/s1. The molecule has 3 aliphatic rings. The van der Waals surface area contributed by atoms with Crippen molar-refractivity contribution in [2.24, 2.45) is 23.2 Å². The fourth-order valence-corrected chi connectivity index (χ4v) is 7.66. The van der Waals surface area contributed by atoms with Crippen molar-refractivity contribution in [3.8, 4) is 0 Å². The van der Waals surface area contributed by atoms with E-state index < -0.39 is 23.4 Å². The molecule has 0 aliphatic heterocycles. The molecule has 4 N–H and O–H groups in total. The first-order chi connectivity index (χ1) is 16.7. The summed E-state index contributed by atoms with van der Waals surface area (Å²) in [5.41, 5.74) is 2.36. The summed E-state index contributed by atoms with van der Waals surface area (Å²) in [6.45, 7) is 14.3. The highest BCUT2D eigenvalue weighted by atomic mass is 16.3. The maximum atomic E-state index is 10.3. The van der Waals surface area contributed by atoms with Crippen molar-refractivity contribution >= 4 is 0 Å². The van der Waals surface area contributed by atoms with Crippen LogP contribution in [0.3, 0.4) is 0 Å². The van der Waals surface area contributed by atoms with Gasteiger partial charge in [-0.05, 0) is 113 Å². The largest absolute Gasteiger partial charge is 0.393 e. The molecule has 0 aromatic carbocycles. The Bertz CT molecular complexity index is 791. The molecule has 0 heterocycles. The maximum absolute atomic E-state index is 10.3. The number of hydrogen-bond acceptors (Lipinski definition) is 4. The third kappa shape index (κ3) is 7.79. The van der Waals surface area contributed by atoms with E-state index in [1.165, 1.54) is 31.3 Å². The molecule has 0 spiro atoms. The smallest absolute Gasteiger partial charge is 0.0811 e. The van der Waals surface area contributed by atoms with Crippen molar-refractivity contribution in [3.63, 3.8) is 0 Å². The van der Waals surface area contributed by atoms with Gasteiger partial charge in [-0.3, -0.25) is 0 Å². The van der Waals surface area contributed by atoms with Gasteiger partial charge in [0.05, 0.1) is 23.4 Å². The first kappa shape index (κ1) is 29.6. The van der Waals surface area contributed by atoms with Gasteiger partial charge in [-0.25, -0.2) is 0 Å². The molecule has 0 aromatic rings. The summed E-state index contributed by atoms with van der Waals surface area (Å²) in [5.74, 6) is 1.90.